The highest BCUT2D eigenvalue weighted by Gasteiger charge is 2.16. The number of likely N-dealkylation sites (tertiary alicyclic amines) is 1. The van der Waals surface area contributed by atoms with Crippen molar-refractivity contribution < 1.29 is 9.53 Å². The molecular weight excluding hydrogens is 320 g/mol. The predicted molar refractivity (Wildman–Crippen MR) is 82.8 cm³/mol. The quantitative estimate of drug-likeness (QED) is 0.809. The number of methoxy groups -OCH3 is 1. The number of nitrogens with zero attached hydrogens (tertiary/aromatic N) is 1. The van der Waals surface area contributed by atoms with E-state index in [1.54, 1.807) is 7.11 Å². The molecule has 0 spiro atoms. The van der Waals surface area contributed by atoms with E-state index in [2.05, 4.69) is 21.2 Å². The summed E-state index contributed by atoms with van der Waals surface area (Å²) in [5.74, 6) is 1.10. The second-order valence-corrected chi connectivity index (χ2v) is 5.84. The first kappa shape index (κ1) is 15.3. The van der Waals surface area contributed by atoms with Crippen LogP contribution in [-0.4, -0.2) is 37.6 Å². The van der Waals surface area contributed by atoms with Gasteiger partial charge in [0.2, 0.25) is 5.91 Å². The molecule has 110 valence electrons. The van der Waals surface area contributed by atoms with Gasteiger partial charge >= 0.3 is 0 Å². The van der Waals surface area contributed by atoms with E-state index >= 15 is 0 Å². The van der Waals surface area contributed by atoms with Gasteiger partial charge in [-0.3, -0.25) is 4.79 Å². The first-order valence-corrected chi connectivity index (χ1v) is 7.81. The van der Waals surface area contributed by atoms with E-state index in [0.717, 1.165) is 49.2 Å². The van der Waals surface area contributed by atoms with Gasteiger partial charge in [0.15, 0.2) is 0 Å². The molecule has 1 aromatic rings. The molecule has 1 heterocycles. The summed E-state index contributed by atoms with van der Waals surface area (Å²) in [6.45, 7) is 3.35. The van der Waals surface area contributed by atoms with Crippen LogP contribution in [0.25, 0.3) is 0 Å². The molecule has 5 heteroatoms. The van der Waals surface area contributed by atoms with Crippen molar-refractivity contribution >= 4 is 21.8 Å². The SMILES string of the molecule is COc1ccc(CNCCC(=O)N2CCCC2)cc1Br. The molecular formula is C15H21BrN2O2. The Balaban J connectivity index is 1.70. The van der Waals surface area contributed by atoms with Crippen molar-refractivity contribution in [2.75, 3.05) is 26.7 Å². The van der Waals surface area contributed by atoms with Gasteiger partial charge in [-0.2, -0.15) is 0 Å². The molecule has 1 fully saturated rings. The molecule has 0 unspecified atom stereocenters. The van der Waals surface area contributed by atoms with Gasteiger partial charge in [-0.05, 0) is 46.5 Å². The van der Waals surface area contributed by atoms with Gasteiger partial charge in [-0.25, -0.2) is 0 Å². The third kappa shape index (κ3) is 4.21. The predicted octanol–water partition coefficient (Wildman–Crippen LogP) is 2.56. The van der Waals surface area contributed by atoms with E-state index in [-0.39, 0.29) is 5.91 Å². The average molecular weight is 341 g/mol. The molecule has 1 aliphatic rings. The molecule has 2 rings (SSSR count). The third-order valence-corrected chi connectivity index (χ3v) is 4.14. The number of benzene rings is 1. The zero-order valence-corrected chi connectivity index (χ0v) is 13.4. The van der Waals surface area contributed by atoms with Crippen molar-refractivity contribution in [3.63, 3.8) is 0 Å². The van der Waals surface area contributed by atoms with Crippen LogP contribution in [0.3, 0.4) is 0 Å². The summed E-state index contributed by atoms with van der Waals surface area (Å²) in [7, 11) is 1.65. The number of nitrogens with one attached hydrogen (secondary N) is 1. The monoisotopic (exact) mass is 340 g/mol. The van der Waals surface area contributed by atoms with E-state index in [1.807, 2.05) is 23.1 Å². The number of rotatable bonds is 6. The standard InChI is InChI=1S/C15H21BrN2O2/c1-20-14-5-4-12(10-13(14)16)11-17-7-6-15(19)18-8-2-3-9-18/h4-5,10,17H,2-3,6-9,11H2,1H3. The van der Waals surface area contributed by atoms with E-state index in [9.17, 15) is 4.79 Å². The van der Waals surface area contributed by atoms with Crippen molar-refractivity contribution in [3.05, 3.63) is 28.2 Å². The van der Waals surface area contributed by atoms with Crippen LogP contribution < -0.4 is 10.1 Å². The van der Waals surface area contributed by atoms with E-state index < -0.39 is 0 Å². The molecule has 20 heavy (non-hydrogen) atoms. The minimum atomic E-state index is 0.269. The van der Waals surface area contributed by atoms with Crippen LogP contribution in [0.15, 0.2) is 22.7 Å². The fourth-order valence-electron chi connectivity index (χ4n) is 2.37. The summed E-state index contributed by atoms with van der Waals surface area (Å²) in [6, 6.07) is 6.00. The van der Waals surface area contributed by atoms with E-state index in [0.29, 0.717) is 6.42 Å². The van der Waals surface area contributed by atoms with Gasteiger partial charge < -0.3 is 15.0 Å². The van der Waals surface area contributed by atoms with Crippen LogP contribution >= 0.6 is 15.9 Å². The summed E-state index contributed by atoms with van der Waals surface area (Å²) in [5.41, 5.74) is 1.17. The highest BCUT2D eigenvalue weighted by atomic mass is 79.9. The maximum absolute atomic E-state index is 11.9. The second kappa shape index (κ2) is 7.64. The Labute approximate surface area is 128 Å². The van der Waals surface area contributed by atoms with Crippen LogP contribution in [-0.2, 0) is 11.3 Å². The smallest absolute Gasteiger partial charge is 0.223 e. The Morgan fingerprint density at radius 3 is 2.80 bits per heavy atom. The fourth-order valence-corrected chi connectivity index (χ4v) is 2.96. The highest BCUT2D eigenvalue weighted by Crippen LogP contribution is 2.25. The average Bonchev–Trinajstić information content (AvgIpc) is 2.98. The van der Waals surface area contributed by atoms with Gasteiger partial charge in [0, 0.05) is 32.6 Å². The fraction of sp³-hybridized carbons (Fsp3) is 0.533. The van der Waals surface area contributed by atoms with Crippen LogP contribution in [0.4, 0.5) is 0 Å². The Hall–Kier alpha value is -1.07. The Morgan fingerprint density at radius 1 is 1.40 bits per heavy atom. The second-order valence-electron chi connectivity index (χ2n) is 4.98. The molecule has 4 nitrogen and oxygen atoms in total. The van der Waals surface area contributed by atoms with Crippen molar-refractivity contribution in [2.45, 2.75) is 25.8 Å². The number of carbonyl (C=O) groups excluding carboxylic acids is 1. The summed E-state index contributed by atoms with van der Waals surface area (Å²) >= 11 is 3.47. The highest BCUT2D eigenvalue weighted by molar-refractivity contribution is 9.10. The number of hydrogen-bond donors (Lipinski definition) is 1. The third-order valence-electron chi connectivity index (χ3n) is 3.52. The van der Waals surface area contributed by atoms with Crippen molar-refractivity contribution in [1.29, 1.82) is 0 Å². The number of carbonyl (C=O) groups is 1. The summed E-state index contributed by atoms with van der Waals surface area (Å²) in [5, 5.41) is 3.31. The normalized spacial score (nSPS) is 14.6. The maximum atomic E-state index is 11.9. The van der Waals surface area contributed by atoms with Gasteiger partial charge in [-0.1, -0.05) is 6.07 Å². The molecule has 1 aliphatic heterocycles. The van der Waals surface area contributed by atoms with Crippen LogP contribution in [0.1, 0.15) is 24.8 Å². The molecule has 1 N–H and O–H groups in total. The maximum Gasteiger partial charge on any atom is 0.223 e. The van der Waals surface area contributed by atoms with Gasteiger partial charge in [0.05, 0.1) is 11.6 Å². The summed E-state index contributed by atoms with van der Waals surface area (Å²) in [6.07, 6.45) is 2.88. The minimum absolute atomic E-state index is 0.269. The number of halogens is 1. The van der Waals surface area contributed by atoms with Crippen LogP contribution in [0.5, 0.6) is 5.75 Å². The lowest BCUT2D eigenvalue weighted by molar-refractivity contribution is -0.130. The van der Waals surface area contributed by atoms with Crippen molar-refractivity contribution in [3.8, 4) is 5.75 Å². The van der Waals surface area contributed by atoms with E-state index in [1.165, 1.54) is 5.56 Å². The van der Waals surface area contributed by atoms with Gasteiger partial charge in [0.1, 0.15) is 5.75 Å². The lowest BCUT2D eigenvalue weighted by Crippen LogP contribution is -2.30. The molecule has 0 bridgehead atoms. The lowest BCUT2D eigenvalue weighted by atomic mass is 10.2. The molecule has 0 saturated carbocycles. The first-order valence-electron chi connectivity index (χ1n) is 7.01. The van der Waals surface area contributed by atoms with Gasteiger partial charge in [-0.15, -0.1) is 0 Å². The van der Waals surface area contributed by atoms with Crippen molar-refractivity contribution in [1.82, 2.24) is 10.2 Å². The molecule has 0 aliphatic carbocycles. The topological polar surface area (TPSA) is 41.6 Å². The Kier molecular flexibility index (Phi) is 5.86. The zero-order valence-electron chi connectivity index (χ0n) is 11.8. The molecule has 1 aromatic carbocycles. The van der Waals surface area contributed by atoms with Crippen molar-refractivity contribution in [2.24, 2.45) is 0 Å². The molecule has 0 aromatic heterocycles. The molecule has 1 saturated heterocycles. The first-order chi connectivity index (χ1) is 9.70. The largest absolute Gasteiger partial charge is 0.496 e. The Morgan fingerprint density at radius 2 is 2.15 bits per heavy atom. The Bertz CT molecular complexity index is 459. The summed E-state index contributed by atoms with van der Waals surface area (Å²) < 4.78 is 6.15. The number of amides is 1. The van der Waals surface area contributed by atoms with E-state index in [4.69, 9.17) is 4.74 Å². The minimum Gasteiger partial charge on any atom is -0.496 e. The number of ether oxygens (including phenoxy) is 1. The van der Waals surface area contributed by atoms with Crippen LogP contribution in [0.2, 0.25) is 0 Å². The number of hydrogen-bond acceptors (Lipinski definition) is 3. The molecule has 0 atom stereocenters. The lowest BCUT2D eigenvalue weighted by Gasteiger charge is -2.15. The summed E-state index contributed by atoms with van der Waals surface area (Å²) in [4.78, 5) is 13.8. The van der Waals surface area contributed by atoms with Gasteiger partial charge in [0.25, 0.3) is 0 Å². The molecule has 1 amide bonds. The zero-order chi connectivity index (χ0) is 14.4. The van der Waals surface area contributed by atoms with Crippen LogP contribution in [0, 0.1) is 0 Å². The molecule has 0 radical (unpaired) electrons.